The molecule has 2 unspecified atom stereocenters. The van der Waals surface area contributed by atoms with Gasteiger partial charge in [-0.25, -0.2) is 4.98 Å². The Morgan fingerprint density at radius 3 is 2.89 bits per heavy atom. The summed E-state index contributed by atoms with van der Waals surface area (Å²) >= 11 is 11.9. The molecule has 2 aromatic heterocycles. The SMILES string of the molecule is O=C(O)C1CC(n2ncc3nc(NCc4ccc(Cl)c(Cl)c4)[nH]c(=O)c32)CN1. The van der Waals surface area contributed by atoms with Crippen molar-refractivity contribution in [3.63, 3.8) is 0 Å². The maximum Gasteiger partial charge on any atom is 0.320 e. The van der Waals surface area contributed by atoms with Crippen LogP contribution in [-0.4, -0.2) is 43.4 Å². The molecule has 0 amide bonds. The summed E-state index contributed by atoms with van der Waals surface area (Å²) in [4.78, 5) is 30.8. The first-order valence-corrected chi connectivity index (χ1v) is 9.29. The number of halogens is 2. The average Bonchev–Trinajstić information content (AvgIpc) is 3.29. The first kappa shape index (κ1) is 18.7. The molecular formula is C17H16Cl2N6O3. The van der Waals surface area contributed by atoms with Crippen LogP contribution in [0.2, 0.25) is 10.0 Å². The number of carboxylic acids is 1. The van der Waals surface area contributed by atoms with Gasteiger partial charge in [0, 0.05) is 13.1 Å². The summed E-state index contributed by atoms with van der Waals surface area (Å²) in [6.45, 7) is 0.816. The molecule has 4 N–H and O–H groups in total. The van der Waals surface area contributed by atoms with E-state index in [2.05, 4.69) is 25.7 Å². The number of nitrogens with one attached hydrogen (secondary N) is 3. The monoisotopic (exact) mass is 422 g/mol. The zero-order chi connectivity index (χ0) is 19.8. The average molecular weight is 423 g/mol. The highest BCUT2D eigenvalue weighted by atomic mass is 35.5. The van der Waals surface area contributed by atoms with Gasteiger partial charge in [0.25, 0.3) is 5.56 Å². The van der Waals surface area contributed by atoms with E-state index in [1.165, 1.54) is 6.20 Å². The van der Waals surface area contributed by atoms with Crippen LogP contribution in [0.1, 0.15) is 18.0 Å². The minimum atomic E-state index is -0.917. The van der Waals surface area contributed by atoms with Gasteiger partial charge in [-0.3, -0.25) is 19.3 Å². The Hall–Kier alpha value is -2.62. The highest BCUT2D eigenvalue weighted by Gasteiger charge is 2.32. The maximum absolute atomic E-state index is 12.6. The van der Waals surface area contributed by atoms with Crippen molar-refractivity contribution in [2.45, 2.75) is 25.0 Å². The van der Waals surface area contributed by atoms with Crippen molar-refractivity contribution in [2.75, 3.05) is 11.9 Å². The first-order valence-electron chi connectivity index (χ1n) is 8.54. The van der Waals surface area contributed by atoms with Crippen molar-refractivity contribution in [1.82, 2.24) is 25.1 Å². The standard InChI is InChI=1S/C17H16Cl2N6O3/c18-10-2-1-8(3-11(10)19)5-21-17-23-13-7-22-25(14(13)15(26)24-17)9-4-12(16(27)28)20-6-9/h1-3,7,9,12,20H,4-6H2,(H,27,28)(H2,21,23,24,26). The van der Waals surface area contributed by atoms with Gasteiger partial charge in [-0.05, 0) is 24.1 Å². The predicted molar refractivity (Wildman–Crippen MR) is 105 cm³/mol. The zero-order valence-corrected chi connectivity index (χ0v) is 16.0. The number of anilines is 1. The van der Waals surface area contributed by atoms with Crippen LogP contribution in [0, 0.1) is 0 Å². The number of aromatic nitrogens is 4. The third-order valence-electron chi connectivity index (χ3n) is 4.65. The van der Waals surface area contributed by atoms with Crippen molar-refractivity contribution in [1.29, 1.82) is 0 Å². The third kappa shape index (κ3) is 3.56. The van der Waals surface area contributed by atoms with Gasteiger partial charge in [-0.1, -0.05) is 29.3 Å². The van der Waals surface area contributed by atoms with Crippen LogP contribution in [0.3, 0.4) is 0 Å². The minimum absolute atomic E-state index is 0.225. The lowest BCUT2D eigenvalue weighted by Crippen LogP contribution is -2.29. The lowest BCUT2D eigenvalue weighted by molar-refractivity contribution is -0.139. The van der Waals surface area contributed by atoms with Crippen molar-refractivity contribution in [3.8, 4) is 0 Å². The Labute approximate surface area is 168 Å². The van der Waals surface area contributed by atoms with Crippen LogP contribution in [-0.2, 0) is 11.3 Å². The van der Waals surface area contributed by atoms with E-state index < -0.39 is 12.0 Å². The van der Waals surface area contributed by atoms with E-state index in [1.807, 2.05) is 6.07 Å². The van der Waals surface area contributed by atoms with Gasteiger partial charge in [0.05, 0.1) is 22.3 Å². The first-order chi connectivity index (χ1) is 13.4. The number of aromatic amines is 1. The van der Waals surface area contributed by atoms with Crippen LogP contribution in [0.15, 0.2) is 29.2 Å². The number of hydrogen-bond acceptors (Lipinski definition) is 6. The summed E-state index contributed by atoms with van der Waals surface area (Å²) in [5, 5.41) is 20.3. The summed E-state index contributed by atoms with van der Waals surface area (Å²) in [5.41, 5.74) is 1.28. The minimum Gasteiger partial charge on any atom is -0.480 e. The number of rotatable bonds is 5. The number of hydrogen-bond donors (Lipinski definition) is 4. The molecule has 0 aliphatic carbocycles. The molecule has 3 aromatic rings. The van der Waals surface area contributed by atoms with Gasteiger partial charge < -0.3 is 15.7 Å². The second-order valence-electron chi connectivity index (χ2n) is 6.53. The third-order valence-corrected chi connectivity index (χ3v) is 5.39. The lowest BCUT2D eigenvalue weighted by atomic mass is 10.2. The van der Waals surface area contributed by atoms with E-state index in [0.717, 1.165) is 5.56 Å². The molecule has 3 heterocycles. The molecule has 9 nitrogen and oxygen atoms in total. The highest BCUT2D eigenvalue weighted by Crippen LogP contribution is 2.24. The smallest absolute Gasteiger partial charge is 0.320 e. The molecule has 0 spiro atoms. The largest absolute Gasteiger partial charge is 0.480 e. The topological polar surface area (TPSA) is 125 Å². The summed E-state index contributed by atoms with van der Waals surface area (Å²) in [6.07, 6.45) is 1.85. The van der Waals surface area contributed by atoms with Crippen LogP contribution in [0.5, 0.6) is 0 Å². The molecule has 0 saturated carbocycles. The van der Waals surface area contributed by atoms with Gasteiger partial charge in [-0.2, -0.15) is 5.10 Å². The number of carboxylic acid groups (broad SMARTS) is 1. The quantitative estimate of drug-likeness (QED) is 0.495. The van der Waals surface area contributed by atoms with E-state index in [9.17, 15) is 9.59 Å². The van der Waals surface area contributed by atoms with Crippen LogP contribution in [0.25, 0.3) is 11.0 Å². The fourth-order valence-corrected chi connectivity index (χ4v) is 3.58. The van der Waals surface area contributed by atoms with Crippen molar-refractivity contribution >= 4 is 46.2 Å². The van der Waals surface area contributed by atoms with E-state index in [4.69, 9.17) is 28.3 Å². The molecule has 1 aliphatic rings. The number of nitrogens with zero attached hydrogens (tertiary/aromatic N) is 3. The van der Waals surface area contributed by atoms with E-state index in [-0.39, 0.29) is 11.6 Å². The Kier molecular flexibility index (Phi) is 4.96. The molecular weight excluding hydrogens is 407 g/mol. The number of fused-ring (bicyclic) bond motifs is 1. The van der Waals surface area contributed by atoms with E-state index >= 15 is 0 Å². The molecule has 1 fully saturated rings. The van der Waals surface area contributed by atoms with Gasteiger partial charge >= 0.3 is 5.97 Å². The number of carbonyl (C=O) groups is 1. The summed E-state index contributed by atoms with van der Waals surface area (Å²) in [7, 11) is 0. The van der Waals surface area contributed by atoms with Gasteiger partial charge in [0.15, 0.2) is 5.52 Å². The lowest BCUT2D eigenvalue weighted by Gasteiger charge is -2.11. The zero-order valence-electron chi connectivity index (χ0n) is 14.4. The number of H-pyrrole nitrogens is 1. The van der Waals surface area contributed by atoms with E-state index in [0.29, 0.717) is 46.5 Å². The molecule has 0 radical (unpaired) electrons. The second kappa shape index (κ2) is 7.42. The molecule has 1 aromatic carbocycles. The molecule has 28 heavy (non-hydrogen) atoms. The molecule has 2 atom stereocenters. The molecule has 1 saturated heterocycles. The van der Waals surface area contributed by atoms with Gasteiger partial charge in [0.1, 0.15) is 11.6 Å². The molecule has 1 aliphatic heterocycles. The van der Waals surface area contributed by atoms with Crippen molar-refractivity contribution in [3.05, 3.63) is 50.4 Å². The predicted octanol–water partition coefficient (Wildman–Crippen LogP) is 2.03. The Balaban J connectivity index is 1.55. The van der Waals surface area contributed by atoms with Crippen LogP contribution >= 0.6 is 23.2 Å². The maximum atomic E-state index is 12.6. The summed E-state index contributed by atoms with van der Waals surface area (Å²) in [6, 6.07) is 4.38. The number of benzene rings is 1. The summed E-state index contributed by atoms with van der Waals surface area (Å²) < 4.78 is 1.54. The van der Waals surface area contributed by atoms with E-state index in [1.54, 1.807) is 16.8 Å². The van der Waals surface area contributed by atoms with Crippen molar-refractivity contribution in [2.24, 2.45) is 0 Å². The molecule has 11 heteroatoms. The Morgan fingerprint density at radius 2 is 2.18 bits per heavy atom. The Bertz CT molecular complexity index is 1110. The molecule has 4 rings (SSSR count). The normalized spacial score (nSPS) is 19.2. The van der Waals surface area contributed by atoms with Gasteiger partial charge in [-0.15, -0.1) is 0 Å². The highest BCUT2D eigenvalue weighted by molar-refractivity contribution is 6.42. The van der Waals surface area contributed by atoms with Crippen LogP contribution < -0.4 is 16.2 Å². The van der Waals surface area contributed by atoms with Crippen LogP contribution in [0.4, 0.5) is 5.95 Å². The van der Waals surface area contributed by atoms with Gasteiger partial charge in [0.2, 0.25) is 5.95 Å². The molecule has 0 bridgehead atoms. The fraction of sp³-hybridized carbons (Fsp3) is 0.294. The van der Waals surface area contributed by atoms with Crippen molar-refractivity contribution < 1.29 is 9.90 Å². The Morgan fingerprint density at radius 1 is 1.36 bits per heavy atom. The molecule has 146 valence electrons. The second-order valence-corrected chi connectivity index (χ2v) is 7.34. The summed E-state index contributed by atoms with van der Waals surface area (Å²) in [5.74, 6) is -0.615. The number of aliphatic carboxylic acids is 1. The fourth-order valence-electron chi connectivity index (χ4n) is 3.26.